The largest absolute Gasteiger partial charge is 0.349 e. The summed E-state index contributed by atoms with van der Waals surface area (Å²) in [6.45, 7) is 2.44. The number of rotatable bonds is 6. The van der Waals surface area contributed by atoms with Crippen molar-refractivity contribution in [3.05, 3.63) is 65.2 Å². The molecule has 3 rings (SSSR count). The van der Waals surface area contributed by atoms with Crippen LogP contribution in [0.5, 0.6) is 0 Å². The second-order valence-corrected chi connectivity index (χ2v) is 9.05. The molecule has 1 atom stereocenters. The van der Waals surface area contributed by atoms with Gasteiger partial charge >= 0.3 is 0 Å². The van der Waals surface area contributed by atoms with Crippen LogP contribution in [0.2, 0.25) is 0 Å². The highest BCUT2D eigenvalue weighted by Crippen LogP contribution is 2.35. The van der Waals surface area contributed by atoms with E-state index < -0.39 is 10.0 Å². The van der Waals surface area contributed by atoms with Gasteiger partial charge in [-0.15, -0.1) is 0 Å². The van der Waals surface area contributed by atoms with Crippen LogP contribution in [-0.4, -0.2) is 27.1 Å². The number of aryl methyl sites for hydroxylation is 2. The average molecular weight is 387 g/mol. The maximum Gasteiger partial charge on any atom is 0.232 e. The van der Waals surface area contributed by atoms with Crippen molar-refractivity contribution in [2.45, 2.75) is 38.6 Å². The summed E-state index contributed by atoms with van der Waals surface area (Å²) in [7, 11) is -3.32. The SMILES string of the molecule is Cc1ccc(CCCC(=O)NC2CCN(S(C)(=O)=O)c3ccccc32)cc1. The van der Waals surface area contributed by atoms with Crippen LogP contribution in [-0.2, 0) is 21.2 Å². The van der Waals surface area contributed by atoms with Crippen LogP contribution in [0.15, 0.2) is 48.5 Å². The summed E-state index contributed by atoms with van der Waals surface area (Å²) in [5.74, 6) is 0.00900. The van der Waals surface area contributed by atoms with Gasteiger partial charge in [-0.3, -0.25) is 9.10 Å². The van der Waals surface area contributed by atoms with Gasteiger partial charge in [-0.1, -0.05) is 48.0 Å². The van der Waals surface area contributed by atoms with Gasteiger partial charge in [0.1, 0.15) is 0 Å². The zero-order chi connectivity index (χ0) is 19.4. The highest BCUT2D eigenvalue weighted by atomic mass is 32.2. The van der Waals surface area contributed by atoms with E-state index in [1.807, 2.05) is 18.2 Å². The molecule has 1 heterocycles. The monoisotopic (exact) mass is 386 g/mol. The molecule has 1 aliphatic heterocycles. The summed E-state index contributed by atoms with van der Waals surface area (Å²) in [4.78, 5) is 12.4. The Morgan fingerprint density at radius 3 is 2.56 bits per heavy atom. The Morgan fingerprint density at radius 2 is 1.85 bits per heavy atom. The molecule has 0 aromatic heterocycles. The number of sulfonamides is 1. The van der Waals surface area contributed by atoms with Crippen molar-refractivity contribution in [1.82, 2.24) is 5.32 Å². The number of fused-ring (bicyclic) bond motifs is 1. The quantitative estimate of drug-likeness (QED) is 0.828. The summed E-state index contributed by atoms with van der Waals surface area (Å²) in [6.07, 6.45) is 3.92. The molecule has 1 amide bonds. The molecule has 2 aromatic carbocycles. The number of carbonyl (C=O) groups excluding carboxylic acids is 1. The lowest BCUT2D eigenvalue weighted by Crippen LogP contribution is -2.40. The van der Waals surface area contributed by atoms with E-state index in [2.05, 4.69) is 36.5 Å². The Labute approximate surface area is 161 Å². The van der Waals surface area contributed by atoms with E-state index in [1.165, 1.54) is 21.7 Å². The number of anilines is 1. The fourth-order valence-electron chi connectivity index (χ4n) is 3.50. The molecule has 0 spiro atoms. The predicted octanol–water partition coefficient (Wildman–Crippen LogP) is 3.34. The molecule has 2 aromatic rings. The first-order valence-electron chi connectivity index (χ1n) is 9.26. The van der Waals surface area contributed by atoms with E-state index in [9.17, 15) is 13.2 Å². The maximum atomic E-state index is 12.4. The van der Waals surface area contributed by atoms with Crippen LogP contribution >= 0.6 is 0 Å². The van der Waals surface area contributed by atoms with Crippen molar-refractivity contribution < 1.29 is 13.2 Å². The molecular formula is C21H26N2O3S. The lowest BCUT2D eigenvalue weighted by atomic mass is 9.97. The van der Waals surface area contributed by atoms with Crippen molar-refractivity contribution in [2.75, 3.05) is 17.1 Å². The van der Waals surface area contributed by atoms with E-state index in [-0.39, 0.29) is 11.9 Å². The van der Waals surface area contributed by atoms with E-state index in [4.69, 9.17) is 0 Å². The average Bonchev–Trinajstić information content (AvgIpc) is 2.62. The first-order valence-corrected chi connectivity index (χ1v) is 11.1. The predicted molar refractivity (Wildman–Crippen MR) is 108 cm³/mol. The number of amides is 1. The van der Waals surface area contributed by atoms with Crippen LogP contribution in [0.4, 0.5) is 5.69 Å². The van der Waals surface area contributed by atoms with Gasteiger partial charge in [0.25, 0.3) is 0 Å². The Kier molecular flexibility index (Phi) is 5.85. The van der Waals surface area contributed by atoms with Crippen LogP contribution in [0, 0.1) is 6.92 Å². The topological polar surface area (TPSA) is 66.5 Å². The van der Waals surface area contributed by atoms with Gasteiger partial charge < -0.3 is 5.32 Å². The molecule has 6 heteroatoms. The second kappa shape index (κ2) is 8.13. The van der Waals surface area contributed by atoms with Gasteiger partial charge in [0.05, 0.1) is 18.0 Å². The normalized spacial score (nSPS) is 16.7. The Hall–Kier alpha value is -2.34. The van der Waals surface area contributed by atoms with E-state index in [0.29, 0.717) is 25.1 Å². The van der Waals surface area contributed by atoms with Gasteiger partial charge in [-0.2, -0.15) is 0 Å². The molecule has 0 saturated heterocycles. The van der Waals surface area contributed by atoms with Crippen molar-refractivity contribution in [3.8, 4) is 0 Å². The second-order valence-electron chi connectivity index (χ2n) is 7.14. The van der Waals surface area contributed by atoms with Crippen molar-refractivity contribution >= 4 is 21.6 Å². The number of benzene rings is 2. The molecule has 1 aliphatic rings. The fraction of sp³-hybridized carbons (Fsp3) is 0.381. The van der Waals surface area contributed by atoms with Gasteiger partial charge in [0.15, 0.2) is 0 Å². The molecule has 144 valence electrons. The third kappa shape index (κ3) is 4.89. The van der Waals surface area contributed by atoms with Crippen molar-refractivity contribution in [2.24, 2.45) is 0 Å². The zero-order valence-corrected chi connectivity index (χ0v) is 16.6. The minimum Gasteiger partial charge on any atom is -0.349 e. The van der Waals surface area contributed by atoms with Gasteiger partial charge in [0.2, 0.25) is 15.9 Å². The number of nitrogens with one attached hydrogen (secondary N) is 1. The molecule has 5 nitrogen and oxygen atoms in total. The highest BCUT2D eigenvalue weighted by molar-refractivity contribution is 7.92. The van der Waals surface area contributed by atoms with Crippen LogP contribution < -0.4 is 9.62 Å². The summed E-state index contributed by atoms with van der Waals surface area (Å²) in [5.41, 5.74) is 3.99. The van der Waals surface area contributed by atoms with Crippen LogP contribution in [0.1, 0.15) is 42.0 Å². The summed E-state index contributed by atoms with van der Waals surface area (Å²) < 4.78 is 25.4. The van der Waals surface area contributed by atoms with E-state index in [0.717, 1.165) is 18.4 Å². The number of hydrogen-bond acceptors (Lipinski definition) is 3. The first kappa shape index (κ1) is 19.4. The summed E-state index contributed by atoms with van der Waals surface area (Å²) in [6, 6.07) is 15.6. The van der Waals surface area contributed by atoms with Gasteiger partial charge in [-0.25, -0.2) is 8.42 Å². The highest BCUT2D eigenvalue weighted by Gasteiger charge is 2.30. The smallest absolute Gasteiger partial charge is 0.232 e. The summed E-state index contributed by atoms with van der Waals surface area (Å²) in [5, 5.41) is 3.08. The third-order valence-corrected chi connectivity index (χ3v) is 6.11. The molecule has 27 heavy (non-hydrogen) atoms. The Bertz CT molecular complexity index is 907. The number of carbonyl (C=O) groups is 1. The minimum absolute atomic E-state index is 0.00900. The number of hydrogen-bond donors (Lipinski definition) is 1. The number of nitrogens with zero attached hydrogens (tertiary/aromatic N) is 1. The molecule has 0 saturated carbocycles. The van der Waals surface area contributed by atoms with Crippen molar-refractivity contribution in [1.29, 1.82) is 0 Å². The molecule has 0 aliphatic carbocycles. The van der Waals surface area contributed by atoms with Gasteiger partial charge in [0, 0.05) is 13.0 Å². The Balaban J connectivity index is 1.60. The molecule has 0 bridgehead atoms. The standard InChI is InChI=1S/C21H26N2O3S/c1-16-10-12-17(13-11-16)6-5-9-21(24)22-19-14-15-23(27(2,25)26)20-8-4-3-7-18(19)20/h3-4,7-8,10-13,19H,5-6,9,14-15H2,1-2H3,(H,22,24). The lowest BCUT2D eigenvalue weighted by molar-refractivity contribution is -0.122. The molecule has 0 fully saturated rings. The lowest BCUT2D eigenvalue weighted by Gasteiger charge is -2.34. The maximum absolute atomic E-state index is 12.4. The molecule has 1 unspecified atom stereocenters. The third-order valence-electron chi connectivity index (χ3n) is 4.93. The first-order chi connectivity index (χ1) is 12.8. The van der Waals surface area contributed by atoms with E-state index >= 15 is 0 Å². The summed E-state index contributed by atoms with van der Waals surface area (Å²) >= 11 is 0. The van der Waals surface area contributed by atoms with Crippen LogP contribution in [0.3, 0.4) is 0 Å². The van der Waals surface area contributed by atoms with Crippen molar-refractivity contribution in [3.63, 3.8) is 0 Å². The van der Waals surface area contributed by atoms with Gasteiger partial charge in [-0.05, 0) is 43.4 Å². The zero-order valence-electron chi connectivity index (χ0n) is 15.8. The number of para-hydroxylation sites is 1. The Morgan fingerprint density at radius 1 is 1.15 bits per heavy atom. The molecule has 1 N–H and O–H groups in total. The minimum atomic E-state index is -3.32. The molecule has 0 radical (unpaired) electrons. The van der Waals surface area contributed by atoms with E-state index in [1.54, 1.807) is 6.07 Å². The van der Waals surface area contributed by atoms with Crippen LogP contribution in [0.25, 0.3) is 0 Å². The fourth-order valence-corrected chi connectivity index (χ4v) is 4.46. The molecular weight excluding hydrogens is 360 g/mol.